The van der Waals surface area contributed by atoms with Crippen LogP contribution < -0.4 is 0 Å². The Labute approximate surface area is 181 Å². The number of benzene rings is 2. The smallest absolute Gasteiger partial charge is 0.338 e. The van der Waals surface area contributed by atoms with Crippen molar-refractivity contribution >= 4 is 23.6 Å². The fourth-order valence-electron chi connectivity index (χ4n) is 4.13. The second kappa shape index (κ2) is 8.18. The monoisotopic (exact) mass is 452 g/mol. The zero-order valence-electron chi connectivity index (χ0n) is 16.5. The van der Waals surface area contributed by atoms with E-state index in [-0.39, 0.29) is 11.5 Å². The number of halogens is 4. The molecule has 2 aromatic carbocycles. The highest BCUT2D eigenvalue weighted by Crippen LogP contribution is 2.44. The molecule has 0 unspecified atom stereocenters. The van der Waals surface area contributed by atoms with Crippen LogP contribution in [0, 0.1) is 5.82 Å². The normalized spacial score (nSPS) is 18.5. The van der Waals surface area contributed by atoms with E-state index in [1.54, 1.807) is 21.6 Å². The number of likely N-dealkylation sites (tertiary alicyclic amines) is 1. The van der Waals surface area contributed by atoms with Crippen LogP contribution in [0.2, 0.25) is 0 Å². The Morgan fingerprint density at radius 1 is 0.903 bits per heavy atom. The number of nitrogens with zero attached hydrogens (tertiary/aromatic N) is 2. The Morgan fingerprint density at radius 2 is 1.58 bits per heavy atom. The number of alkyl halides is 3. The van der Waals surface area contributed by atoms with Gasteiger partial charge in [-0.3, -0.25) is 9.59 Å². The van der Waals surface area contributed by atoms with E-state index in [1.165, 1.54) is 36.4 Å². The minimum Gasteiger partial charge on any atom is -0.338 e. The lowest BCUT2D eigenvalue weighted by atomic mass is 9.99. The number of hydrogen-bond donors (Lipinski definition) is 0. The second-order valence-corrected chi connectivity index (χ2v) is 9.09. The summed E-state index contributed by atoms with van der Waals surface area (Å²) < 4.78 is 52.1. The summed E-state index contributed by atoms with van der Waals surface area (Å²) in [5.74, 6) is -0.277. The quantitative estimate of drug-likeness (QED) is 0.622. The molecule has 4 rings (SSSR count). The largest absolute Gasteiger partial charge is 0.416 e. The summed E-state index contributed by atoms with van der Waals surface area (Å²) in [7, 11) is 0. The molecular weight excluding hydrogens is 432 g/mol. The molecule has 31 heavy (non-hydrogen) atoms. The van der Waals surface area contributed by atoms with Crippen molar-refractivity contribution in [1.82, 2.24) is 9.80 Å². The predicted molar refractivity (Wildman–Crippen MR) is 109 cm³/mol. The summed E-state index contributed by atoms with van der Waals surface area (Å²) in [5.41, 5.74) is -0.441. The van der Waals surface area contributed by atoms with E-state index in [1.807, 2.05) is 0 Å². The van der Waals surface area contributed by atoms with Crippen molar-refractivity contribution in [2.75, 3.05) is 25.4 Å². The summed E-state index contributed by atoms with van der Waals surface area (Å²) in [4.78, 5) is 28.7. The van der Waals surface area contributed by atoms with Crippen LogP contribution in [-0.4, -0.2) is 51.9 Å². The minimum atomic E-state index is -4.51. The van der Waals surface area contributed by atoms with Gasteiger partial charge in [-0.25, -0.2) is 4.39 Å². The van der Waals surface area contributed by atoms with Crippen LogP contribution in [0.1, 0.15) is 39.1 Å². The lowest BCUT2D eigenvalue weighted by molar-refractivity contribution is -0.137. The SMILES string of the molecule is O=C(c1cccc(C(F)(F)F)c1)N1CCC2(CC1)SCCN2C(=O)c1ccc(F)cc1. The van der Waals surface area contributed by atoms with Crippen LogP contribution in [0.4, 0.5) is 17.6 Å². The highest BCUT2D eigenvalue weighted by Gasteiger charge is 2.47. The van der Waals surface area contributed by atoms with E-state index < -0.39 is 28.3 Å². The van der Waals surface area contributed by atoms with Crippen LogP contribution >= 0.6 is 11.8 Å². The fourth-order valence-corrected chi connectivity index (χ4v) is 5.58. The summed E-state index contributed by atoms with van der Waals surface area (Å²) in [6, 6.07) is 9.85. The maximum absolute atomic E-state index is 13.2. The number of thioether (sulfide) groups is 1. The molecule has 9 heteroatoms. The molecule has 2 amide bonds. The Morgan fingerprint density at radius 3 is 2.23 bits per heavy atom. The topological polar surface area (TPSA) is 40.6 Å². The van der Waals surface area contributed by atoms with E-state index in [4.69, 9.17) is 0 Å². The van der Waals surface area contributed by atoms with Crippen LogP contribution in [-0.2, 0) is 6.18 Å². The maximum atomic E-state index is 13.2. The molecule has 2 aliphatic heterocycles. The molecular formula is C22H20F4N2O2S. The molecule has 0 radical (unpaired) electrons. The molecule has 0 saturated carbocycles. The predicted octanol–water partition coefficient (Wildman–Crippen LogP) is 4.67. The van der Waals surface area contributed by atoms with Gasteiger partial charge in [0.25, 0.3) is 11.8 Å². The Balaban J connectivity index is 1.46. The van der Waals surface area contributed by atoms with E-state index >= 15 is 0 Å². The van der Waals surface area contributed by atoms with Crippen molar-refractivity contribution in [3.63, 3.8) is 0 Å². The van der Waals surface area contributed by atoms with Gasteiger partial charge in [0.2, 0.25) is 0 Å². The Kier molecular flexibility index (Phi) is 5.72. The van der Waals surface area contributed by atoms with Crippen LogP contribution in [0.15, 0.2) is 48.5 Å². The Hall–Kier alpha value is -2.55. The van der Waals surface area contributed by atoms with Gasteiger partial charge < -0.3 is 9.80 Å². The van der Waals surface area contributed by atoms with Gasteiger partial charge in [0, 0.05) is 36.5 Å². The van der Waals surface area contributed by atoms with Gasteiger partial charge in [0.15, 0.2) is 0 Å². The van der Waals surface area contributed by atoms with E-state index in [0.29, 0.717) is 38.0 Å². The van der Waals surface area contributed by atoms with Crippen molar-refractivity contribution in [1.29, 1.82) is 0 Å². The molecule has 2 aromatic rings. The van der Waals surface area contributed by atoms with Gasteiger partial charge in [-0.1, -0.05) is 6.07 Å². The van der Waals surface area contributed by atoms with Gasteiger partial charge in [-0.2, -0.15) is 13.2 Å². The lowest BCUT2D eigenvalue weighted by Crippen LogP contribution is -2.53. The zero-order valence-corrected chi connectivity index (χ0v) is 17.3. The molecule has 2 aliphatic rings. The third-order valence-electron chi connectivity index (χ3n) is 5.78. The van der Waals surface area contributed by atoms with Crippen molar-refractivity contribution in [3.05, 3.63) is 71.0 Å². The second-order valence-electron chi connectivity index (χ2n) is 7.63. The molecule has 164 valence electrons. The summed E-state index contributed by atoms with van der Waals surface area (Å²) in [5, 5.41) is 0. The van der Waals surface area contributed by atoms with E-state index in [2.05, 4.69) is 0 Å². The van der Waals surface area contributed by atoms with Gasteiger partial charge >= 0.3 is 6.18 Å². The Bertz CT molecular complexity index is 986. The first-order chi connectivity index (χ1) is 14.7. The van der Waals surface area contributed by atoms with Crippen molar-refractivity contribution < 1.29 is 27.2 Å². The molecule has 0 N–H and O–H groups in total. The first kappa shape index (κ1) is 21.7. The van der Waals surface area contributed by atoms with Crippen molar-refractivity contribution in [2.45, 2.75) is 23.9 Å². The zero-order chi connectivity index (χ0) is 22.2. The molecule has 0 aromatic heterocycles. The lowest BCUT2D eigenvalue weighted by Gasteiger charge is -2.44. The molecule has 2 heterocycles. The molecule has 0 bridgehead atoms. The molecule has 0 aliphatic carbocycles. The first-order valence-electron chi connectivity index (χ1n) is 9.88. The van der Waals surface area contributed by atoms with Crippen LogP contribution in [0.3, 0.4) is 0 Å². The molecule has 4 nitrogen and oxygen atoms in total. The highest BCUT2D eigenvalue weighted by atomic mass is 32.2. The van der Waals surface area contributed by atoms with Gasteiger partial charge in [0.1, 0.15) is 5.82 Å². The molecule has 2 fully saturated rings. The third kappa shape index (κ3) is 4.28. The molecule has 2 saturated heterocycles. The van der Waals surface area contributed by atoms with Crippen molar-refractivity contribution in [2.24, 2.45) is 0 Å². The number of amides is 2. The van der Waals surface area contributed by atoms with Gasteiger partial charge in [0.05, 0.1) is 10.4 Å². The van der Waals surface area contributed by atoms with Crippen LogP contribution in [0.25, 0.3) is 0 Å². The fraction of sp³-hybridized carbons (Fsp3) is 0.364. The maximum Gasteiger partial charge on any atom is 0.416 e. The van der Waals surface area contributed by atoms with Gasteiger partial charge in [-0.15, -0.1) is 11.8 Å². The third-order valence-corrected chi connectivity index (χ3v) is 7.34. The average molecular weight is 452 g/mol. The van der Waals surface area contributed by atoms with Crippen molar-refractivity contribution in [3.8, 4) is 0 Å². The number of carbonyl (C=O) groups is 2. The van der Waals surface area contributed by atoms with Gasteiger partial charge in [-0.05, 0) is 55.3 Å². The summed E-state index contributed by atoms with van der Waals surface area (Å²) >= 11 is 1.66. The minimum absolute atomic E-state index is 0.00379. The summed E-state index contributed by atoms with van der Waals surface area (Å²) in [6.45, 7) is 1.24. The summed E-state index contributed by atoms with van der Waals surface area (Å²) in [6.07, 6.45) is -3.46. The average Bonchev–Trinajstić information content (AvgIpc) is 3.16. The number of rotatable bonds is 2. The standard InChI is InChI=1S/C22H20F4N2O2S/c23-18-6-4-15(5-7-18)20(30)28-12-13-31-21(28)8-10-27(11-9-21)19(29)16-2-1-3-17(14-16)22(24,25)26/h1-7,14H,8-13H2. The van der Waals surface area contributed by atoms with E-state index in [9.17, 15) is 27.2 Å². The number of piperidine rings is 1. The first-order valence-corrected chi connectivity index (χ1v) is 10.9. The van der Waals surface area contributed by atoms with E-state index in [0.717, 1.165) is 17.9 Å². The highest BCUT2D eigenvalue weighted by molar-refractivity contribution is 8.00. The van der Waals surface area contributed by atoms with Crippen LogP contribution in [0.5, 0.6) is 0 Å². The molecule has 1 spiro atoms. The number of hydrogen-bond acceptors (Lipinski definition) is 3. The number of carbonyl (C=O) groups excluding carboxylic acids is 2. The molecule has 0 atom stereocenters.